The van der Waals surface area contributed by atoms with Crippen LogP contribution in [0.3, 0.4) is 0 Å². The Kier molecular flexibility index (Phi) is 4.09. The molecule has 106 valence electrons. The van der Waals surface area contributed by atoms with Crippen LogP contribution in [-0.4, -0.2) is 20.0 Å². The molecule has 0 aliphatic carbocycles. The first kappa shape index (κ1) is 14.5. The van der Waals surface area contributed by atoms with E-state index in [1.54, 1.807) is 0 Å². The van der Waals surface area contributed by atoms with Crippen molar-refractivity contribution in [1.29, 1.82) is 0 Å². The molecule has 0 saturated heterocycles. The molecular formula is C10H7ClF3N5S. The lowest BCUT2D eigenvalue weighted by Crippen LogP contribution is -2.26. The Balaban J connectivity index is 2.12. The van der Waals surface area contributed by atoms with Crippen molar-refractivity contribution in [3.05, 3.63) is 41.4 Å². The van der Waals surface area contributed by atoms with Crippen LogP contribution < -0.4 is 10.7 Å². The Morgan fingerprint density at radius 2 is 1.90 bits per heavy atom. The van der Waals surface area contributed by atoms with Gasteiger partial charge < -0.3 is 5.32 Å². The van der Waals surface area contributed by atoms with Crippen molar-refractivity contribution in [3.63, 3.8) is 0 Å². The van der Waals surface area contributed by atoms with Gasteiger partial charge in [-0.1, -0.05) is 11.6 Å². The van der Waals surface area contributed by atoms with E-state index in [2.05, 4.69) is 20.9 Å². The van der Waals surface area contributed by atoms with Gasteiger partial charge in [0.25, 0.3) is 0 Å². The molecule has 0 unspecified atom stereocenters. The first-order valence-corrected chi connectivity index (χ1v) is 5.94. The molecule has 0 fully saturated rings. The van der Waals surface area contributed by atoms with Crippen LogP contribution in [0.1, 0.15) is 5.56 Å². The molecule has 1 heterocycles. The lowest BCUT2D eigenvalue weighted by atomic mass is 10.2. The van der Waals surface area contributed by atoms with Gasteiger partial charge in [-0.05, 0) is 30.4 Å². The number of nitrogens with one attached hydrogen (secondary N) is 2. The molecule has 1 aromatic carbocycles. The molecule has 0 aliphatic heterocycles. The molecule has 0 saturated carbocycles. The normalized spacial score (nSPS) is 11.2. The van der Waals surface area contributed by atoms with Crippen molar-refractivity contribution in [2.24, 2.45) is 0 Å². The molecule has 0 bridgehead atoms. The summed E-state index contributed by atoms with van der Waals surface area (Å²) >= 11 is 10.5. The van der Waals surface area contributed by atoms with Gasteiger partial charge in [-0.15, -0.1) is 10.2 Å². The molecule has 0 spiro atoms. The maximum atomic E-state index is 12.7. The minimum atomic E-state index is -4.53. The van der Waals surface area contributed by atoms with Gasteiger partial charge in [-0.25, -0.2) is 4.68 Å². The average molecular weight is 322 g/mol. The quantitative estimate of drug-likeness (QED) is 0.833. The highest BCUT2D eigenvalue weighted by atomic mass is 35.5. The van der Waals surface area contributed by atoms with Crippen LogP contribution in [0.4, 0.5) is 18.9 Å². The SMILES string of the molecule is FC(F)(F)c1cc(NC(=S)Nn2cnnc2)ccc1Cl. The summed E-state index contributed by atoms with van der Waals surface area (Å²) in [5.74, 6) is 0. The van der Waals surface area contributed by atoms with E-state index in [-0.39, 0.29) is 15.8 Å². The number of aromatic nitrogens is 3. The second kappa shape index (κ2) is 5.63. The molecule has 10 heteroatoms. The van der Waals surface area contributed by atoms with E-state index in [0.717, 1.165) is 12.1 Å². The van der Waals surface area contributed by atoms with Gasteiger partial charge in [0, 0.05) is 5.69 Å². The van der Waals surface area contributed by atoms with Crippen LogP contribution >= 0.6 is 23.8 Å². The van der Waals surface area contributed by atoms with Crippen molar-refractivity contribution in [3.8, 4) is 0 Å². The summed E-state index contributed by atoms with van der Waals surface area (Å²) in [6.45, 7) is 0. The van der Waals surface area contributed by atoms with Crippen molar-refractivity contribution in [1.82, 2.24) is 14.9 Å². The van der Waals surface area contributed by atoms with Crippen LogP contribution in [0.25, 0.3) is 0 Å². The highest BCUT2D eigenvalue weighted by Crippen LogP contribution is 2.36. The summed E-state index contributed by atoms with van der Waals surface area (Å²) in [5.41, 5.74) is 1.87. The Bertz CT molecular complexity index is 614. The minimum absolute atomic E-state index is 0.0836. The zero-order valence-corrected chi connectivity index (χ0v) is 11.2. The summed E-state index contributed by atoms with van der Waals surface area (Å²) in [7, 11) is 0. The molecule has 0 radical (unpaired) electrons. The third-order valence-corrected chi connectivity index (χ3v) is 2.70. The molecule has 5 nitrogen and oxygen atoms in total. The smallest absolute Gasteiger partial charge is 0.331 e. The van der Waals surface area contributed by atoms with Crippen molar-refractivity contribution < 1.29 is 13.2 Å². The number of anilines is 1. The van der Waals surface area contributed by atoms with E-state index in [9.17, 15) is 13.2 Å². The maximum Gasteiger partial charge on any atom is 0.417 e. The molecule has 0 atom stereocenters. The number of halogens is 4. The Morgan fingerprint density at radius 1 is 1.25 bits per heavy atom. The lowest BCUT2D eigenvalue weighted by Gasteiger charge is -2.13. The summed E-state index contributed by atoms with van der Waals surface area (Å²) in [5, 5.41) is 9.39. The molecular weight excluding hydrogens is 315 g/mol. The van der Waals surface area contributed by atoms with E-state index in [1.165, 1.54) is 23.4 Å². The molecule has 0 amide bonds. The summed E-state index contributed by atoms with van der Waals surface area (Å²) in [6, 6.07) is 3.41. The Hall–Kier alpha value is -1.87. The highest BCUT2D eigenvalue weighted by Gasteiger charge is 2.33. The third-order valence-electron chi connectivity index (χ3n) is 2.18. The van der Waals surface area contributed by atoms with Crippen LogP contribution in [0.15, 0.2) is 30.9 Å². The Labute approximate surface area is 121 Å². The molecule has 2 aromatic rings. The van der Waals surface area contributed by atoms with Gasteiger partial charge in [-0.3, -0.25) is 5.43 Å². The monoisotopic (exact) mass is 321 g/mol. The number of hydrogen-bond acceptors (Lipinski definition) is 3. The molecule has 2 N–H and O–H groups in total. The average Bonchev–Trinajstić information content (AvgIpc) is 2.83. The number of benzene rings is 1. The van der Waals surface area contributed by atoms with E-state index in [0.29, 0.717) is 0 Å². The van der Waals surface area contributed by atoms with Gasteiger partial charge in [0.2, 0.25) is 0 Å². The van der Waals surface area contributed by atoms with Crippen molar-refractivity contribution in [2.45, 2.75) is 6.18 Å². The third kappa shape index (κ3) is 3.58. The maximum absolute atomic E-state index is 12.7. The fraction of sp³-hybridized carbons (Fsp3) is 0.100. The van der Waals surface area contributed by atoms with Gasteiger partial charge in [0.15, 0.2) is 5.11 Å². The topological polar surface area (TPSA) is 54.8 Å². The minimum Gasteiger partial charge on any atom is -0.331 e. The van der Waals surface area contributed by atoms with Gasteiger partial charge in [0.1, 0.15) is 12.7 Å². The fourth-order valence-electron chi connectivity index (χ4n) is 1.36. The summed E-state index contributed by atoms with van der Waals surface area (Å²) in [6.07, 6.45) is -1.84. The summed E-state index contributed by atoms with van der Waals surface area (Å²) in [4.78, 5) is 0. The van der Waals surface area contributed by atoms with Crippen LogP contribution in [-0.2, 0) is 6.18 Å². The standard InChI is InChI=1S/C10H7ClF3N5S/c11-8-2-1-6(3-7(8)10(12,13)14)17-9(20)18-19-4-15-16-5-19/h1-5H,(H2,17,18,20). The number of nitrogens with zero attached hydrogens (tertiary/aromatic N) is 3. The number of hydrogen-bond donors (Lipinski definition) is 2. The van der Waals surface area contributed by atoms with Gasteiger partial charge in [-0.2, -0.15) is 13.2 Å². The van der Waals surface area contributed by atoms with Gasteiger partial charge >= 0.3 is 6.18 Å². The zero-order chi connectivity index (χ0) is 14.8. The first-order valence-electron chi connectivity index (χ1n) is 5.15. The summed E-state index contributed by atoms with van der Waals surface area (Å²) < 4.78 is 39.4. The van der Waals surface area contributed by atoms with Crippen LogP contribution in [0, 0.1) is 0 Å². The zero-order valence-electron chi connectivity index (χ0n) is 9.65. The highest BCUT2D eigenvalue weighted by molar-refractivity contribution is 7.80. The molecule has 2 rings (SSSR count). The predicted molar refractivity (Wildman–Crippen MR) is 72.1 cm³/mol. The fourth-order valence-corrected chi connectivity index (χ4v) is 1.80. The van der Waals surface area contributed by atoms with Gasteiger partial charge in [0.05, 0.1) is 10.6 Å². The van der Waals surface area contributed by atoms with E-state index in [4.69, 9.17) is 23.8 Å². The van der Waals surface area contributed by atoms with Crippen LogP contribution in [0.5, 0.6) is 0 Å². The van der Waals surface area contributed by atoms with E-state index >= 15 is 0 Å². The van der Waals surface area contributed by atoms with Crippen LogP contribution in [0.2, 0.25) is 5.02 Å². The van der Waals surface area contributed by atoms with Crippen molar-refractivity contribution in [2.75, 3.05) is 10.7 Å². The van der Waals surface area contributed by atoms with E-state index in [1.807, 2.05) is 0 Å². The number of alkyl halides is 3. The molecule has 20 heavy (non-hydrogen) atoms. The lowest BCUT2D eigenvalue weighted by molar-refractivity contribution is -0.137. The van der Waals surface area contributed by atoms with Crippen molar-refractivity contribution >= 4 is 34.6 Å². The molecule has 1 aromatic heterocycles. The van der Waals surface area contributed by atoms with E-state index < -0.39 is 11.7 Å². The second-order valence-electron chi connectivity index (χ2n) is 3.63. The largest absolute Gasteiger partial charge is 0.417 e. The first-order chi connectivity index (χ1) is 9.36. The Morgan fingerprint density at radius 3 is 2.50 bits per heavy atom. The number of rotatable bonds is 2. The predicted octanol–water partition coefficient (Wildman–Crippen LogP) is 2.89. The second-order valence-corrected chi connectivity index (χ2v) is 4.44. The number of thiocarbonyl (C=S) groups is 1. The molecule has 0 aliphatic rings.